The van der Waals surface area contributed by atoms with Gasteiger partial charge in [-0.15, -0.1) is 11.3 Å². The van der Waals surface area contributed by atoms with Crippen molar-refractivity contribution in [2.24, 2.45) is 0 Å². The van der Waals surface area contributed by atoms with Gasteiger partial charge in [0.15, 0.2) is 0 Å². The maximum Gasteiger partial charge on any atom is 0.268 e. The Balaban J connectivity index is 1.94. The molecule has 0 fully saturated rings. The lowest BCUT2D eigenvalue weighted by Crippen LogP contribution is -2.28. The van der Waals surface area contributed by atoms with Gasteiger partial charge in [0.1, 0.15) is 10.6 Å². The molecule has 0 atom stereocenters. The quantitative estimate of drug-likeness (QED) is 0.676. The van der Waals surface area contributed by atoms with Crippen LogP contribution in [0.1, 0.15) is 23.8 Å². The molecule has 0 bridgehead atoms. The van der Waals surface area contributed by atoms with E-state index in [4.69, 9.17) is 9.72 Å². The number of aryl methyl sites for hydroxylation is 2. The fourth-order valence-electron chi connectivity index (χ4n) is 3.26. The van der Waals surface area contributed by atoms with Crippen LogP contribution in [-0.4, -0.2) is 16.7 Å². The zero-order chi connectivity index (χ0) is 18.3. The standard InChI is InChI=1S/C19H20N4O2S/c1-11(2)21-22-19-20-17-16(14-5-4-6-15(14)26-17)18(24)23(19)12-7-9-13(25-3)10-8-12/h7-10,21H,1,4-6H2,2-3H3,(H,20,22). The minimum absolute atomic E-state index is 0.0504. The van der Waals surface area contributed by atoms with Crippen LogP contribution < -0.4 is 21.1 Å². The second kappa shape index (κ2) is 6.49. The van der Waals surface area contributed by atoms with E-state index in [0.717, 1.165) is 46.6 Å². The van der Waals surface area contributed by atoms with Gasteiger partial charge >= 0.3 is 0 Å². The minimum Gasteiger partial charge on any atom is -0.497 e. The number of hydrogen-bond acceptors (Lipinski definition) is 6. The summed E-state index contributed by atoms with van der Waals surface area (Å²) in [5.41, 5.74) is 8.55. The summed E-state index contributed by atoms with van der Waals surface area (Å²) < 4.78 is 6.82. The number of hydrazine groups is 1. The normalized spacial score (nSPS) is 12.8. The van der Waals surface area contributed by atoms with Crippen molar-refractivity contribution in [2.45, 2.75) is 26.2 Å². The summed E-state index contributed by atoms with van der Waals surface area (Å²) in [7, 11) is 1.62. The van der Waals surface area contributed by atoms with Crippen LogP contribution in [-0.2, 0) is 12.8 Å². The number of anilines is 1. The fraction of sp³-hybridized carbons (Fsp3) is 0.263. The molecule has 2 heterocycles. The molecule has 0 spiro atoms. The first-order valence-corrected chi connectivity index (χ1v) is 9.29. The Labute approximate surface area is 155 Å². The first kappa shape index (κ1) is 16.7. The number of hydrogen-bond donors (Lipinski definition) is 2. The number of methoxy groups -OCH3 is 1. The van der Waals surface area contributed by atoms with Crippen molar-refractivity contribution in [2.75, 3.05) is 12.5 Å². The van der Waals surface area contributed by atoms with E-state index in [0.29, 0.717) is 5.95 Å². The summed E-state index contributed by atoms with van der Waals surface area (Å²) in [5, 5.41) is 0.749. The number of rotatable bonds is 5. The largest absolute Gasteiger partial charge is 0.497 e. The Kier molecular flexibility index (Phi) is 4.16. The minimum atomic E-state index is -0.0504. The van der Waals surface area contributed by atoms with Crippen LogP contribution in [0, 0.1) is 0 Å². The number of thiophene rings is 1. The summed E-state index contributed by atoms with van der Waals surface area (Å²) >= 11 is 1.62. The molecule has 2 aromatic heterocycles. The average Bonchev–Trinajstić information content (AvgIpc) is 3.20. The lowest BCUT2D eigenvalue weighted by molar-refractivity contribution is 0.414. The molecule has 3 aromatic rings. The van der Waals surface area contributed by atoms with Gasteiger partial charge in [0.25, 0.3) is 5.56 Å². The smallest absolute Gasteiger partial charge is 0.268 e. The van der Waals surface area contributed by atoms with E-state index in [1.54, 1.807) is 23.0 Å². The second-order valence-electron chi connectivity index (χ2n) is 6.34. The molecule has 26 heavy (non-hydrogen) atoms. The lowest BCUT2D eigenvalue weighted by atomic mass is 10.2. The summed E-state index contributed by atoms with van der Waals surface area (Å²) in [6.45, 7) is 5.65. The van der Waals surface area contributed by atoms with Crippen molar-refractivity contribution in [3.63, 3.8) is 0 Å². The van der Waals surface area contributed by atoms with E-state index in [1.807, 2.05) is 31.2 Å². The first-order valence-electron chi connectivity index (χ1n) is 8.47. The van der Waals surface area contributed by atoms with E-state index in [2.05, 4.69) is 17.4 Å². The first-order chi connectivity index (χ1) is 12.6. The van der Waals surface area contributed by atoms with Crippen LogP contribution >= 0.6 is 11.3 Å². The Morgan fingerprint density at radius 2 is 2.08 bits per heavy atom. The molecule has 0 radical (unpaired) electrons. The van der Waals surface area contributed by atoms with E-state index >= 15 is 0 Å². The second-order valence-corrected chi connectivity index (χ2v) is 7.43. The summed E-state index contributed by atoms with van der Waals surface area (Å²) in [6, 6.07) is 7.37. The third kappa shape index (κ3) is 2.74. The molecular formula is C19H20N4O2S. The molecular weight excluding hydrogens is 348 g/mol. The van der Waals surface area contributed by atoms with Crippen molar-refractivity contribution in [3.05, 3.63) is 57.3 Å². The third-order valence-corrected chi connectivity index (χ3v) is 5.64. The van der Waals surface area contributed by atoms with Gasteiger partial charge in [0.2, 0.25) is 5.95 Å². The van der Waals surface area contributed by atoms with Crippen LogP contribution in [0.25, 0.3) is 15.9 Å². The molecule has 0 amide bonds. The highest BCUT2D eigenvalue weighted by Crippen LogP contribution is 2.35. The number of aromatic nitrogens is 2. The maximum absolute atomic E-state index is 13.4. The lowest BCUT2D eigenvalue weighted by Gasteiger charge is -2.15. The SMILES string of the molecule is C=C(C)NNc1nc2sc3c(c2c(=O)n1-c1ccc(OC)cc1)CCC3. The molecule has 0 saturated heterocycles. The highest BCUT2D eigenvalue weighted by Gasteiger charge is 2.23. The Hall–Kier alpha value is -2.80. The summed E-state index contributed by atoms with van der Waals surface area (Å²) in [6.07, 6.45) is 3.09. The van der Waals surface area contributed by atoms with Gasteiger partial charge in [-0.1, -0.05) is 6.58 Å². The molecule has 1 aromatic carbocycles. The zero-order valence-electron chi connectivity index (χ0n) is 14.8. The van der Waals surface area contributed by atoms with E-state index < -0.39 is 0 Å². The molecule has 134 valence electrons. The van der Waals surface area contributed by atoms with Crippen LogP contribution in [0.2, 0.25) is 0 Å². The van der Waals surface area contributed by atoms with Crippen LogP contribution in [0.4, 0.5) is 5.95 Å². The van der Waals surface area contributed by atoms with Crippen LogP contribution in [0.5, 0.6) is 5.75 Å². The summed E-state index contributed by atoms with van der Waals surface area (Å²) in [4.78, 5) is 20.2. The molecule has 0 unspecified atom stereocenters. The Morgan fingerprint density at radius 3 is 2.77 bits per heavy atom. The van der Waals surface area contributed by atoms with Gasteiger partial charge < -0.3 is 10.2 Å². The Bertz CT molecular complexity index is 1050. The van der Waals surface area contributed by atoms with Crippen molar-refractivity contribution in [1.29, 1.82) is 0 Å². The van der Waals surface area contributed by atoms with E-state index in [1.165, 1.54) is 10.4 Å². The van der Waals surface area contributed by atoms with Crippen molar-refractivity contribution in [1.82, 2.24) is 15.0 Å². The molecule has 2 N–H and O–H groups in total. The number of allylic oxidation sites excluding steroid dienone is 1. The molecule has 1 aliphatic carbocycles. The fourth-order valence-corrected chi connectivity index (χ4v) is 4.51. The van der Waals surface area contributed by atoms with Crippen LogP contribution in [0.15, 0.2) is 41.3 Å². The van der Waals surface area contributed by atoms with Crippen LogP contribution in [0.3, 0.4) is 0 Å². The number of nitrogens with zero attached hydrogens (tertiary/aromatic N) is 2. The van der Waals surface area contributed by atoms with Crippen molar-refractivity contribution >= 4 is 27.5 Å². The monoisotopic (exact) mass is 368 g/mol. The van der Waals surface area contributed by atoms with E-state index in [-0.39, 0.29) is 5.56 Å². The number of benzene rings is 1. The average molecular weight is 368 g/mol. The summed E-state index contributed by atoms with van der Waals surface area (Å²) in [5.74, 6) is 1.18. The predicted octanol–water partition coefficient (Wildman–Crippen LogP) is 3.39. The molecule has 1 aliphatic rings. The zero-order valence-corrected chi connectivity index (χ0v) is 15.6. The van der Waals surface area contributed by atoms with Gasteiger partial charge in [0.05, 0.1) is 18.2 Å². The highest BCUT2D eigenvalue weighted by atomic mass is 32.1. The van der Waals surface area contributed by atoms with Crippen molar-refractivity contribution < 1.29 is 4.74 Å². The third-order valence-electron chi connectivity index (χ3n) is 4.46. The molecule has 0 saturated carbocycles. The molecule has 0 aliphatic heterocycles. The Morgan fingerprint density at radius 1 is 1.31 bits per heavy atom. The molecule has 6 nitrogen and oxygen atoms in total. The van der Waals surface area contributed by atoms with Crippen molar-refractivity contribution in [3.8, 4) is 11.4 Å². The molecule has 7 heteroatoms. The number of nitrogens with one attached hydrogen (secondary N) is 2. The van der Waals surface area contributed by atoms with Gasteiger partial charge in [-0.05, 0) is 56.0 Å². The molecule has 4 rings (SSSR count). The van der Waals surface area contributed by atoms with E-state index in [9.17, 15) is 4.79 Å². The highest BCUT2D eigenvalue weighted by molar-refractivity contribution is 7.18. The van der Waals surface area contributed by atoms with Gasteiger partial charge in [-0.25, -0.2) is 9.55 Å². The maximum atomic E-state index is 13.4. The number of ether oxygens (including phenoxy) is 1. The van der Waals surface area contributed by atoms with Gasteiger partial charge in [-0.3, -0.25) is 10.2 Å². The van der Waals surface area contributed by atoms with Gasteiger partial charge in [-0.2, -0.15) is 0 Å². The number of fused-ring (bicyclic) bond motifs is 3. The topological polar surface area (TPSA) is 68.2 Å². The predicted molar refractivity (Wildman–Crippen MR) is 105 cm³/mol. The van der Waals surface area contributed by atoms with Gasteiger partial charge in [0, 0.05) is 10.6 Å².